The molecule has 1 aliphatic rings. The molecule has 0 aliphatic carbocycles. The second-order valence-electron chi connectivity index (χ2n) is 5.42. The van der Waals surface area contributed by atoms with E-state index in [9.17, 15) is 4.79 Å². The topological polar surface area (TPSA) is 71.8 Å². The first-order valence-electron chi connectivity index (χ1n) is 7.22. The number of carbonyl (C=O) groups excluding carboxylic acids is 1. The van der Waals surface area contributed by atoms with Gasteiger partial charge in [0, 0.05) is 12.0 Å². The number of anilines is 1. The third-order valence-electron chi connectivity index (χ3n) is 3.82. The number of nitrogens with zero attached hydrogens (tertiary/aromatic N) is 3. The zero-order valence-corrected chi connectivity index (χ0v) is 12.0. The van der Waals surface area contributed by atoms with E-state index in [0.29, 0.717) is 6.04 Å². The molecule has 1 aliphatic heterocycles. The summed E-state index contributed by atoms with van der Waals surface area (Å²) in [6.07, 6.45) is 4.85. The molecule has 1 aromatic carbocycles. The van der Waals surface area contributed by atoms with Crippen molar-refractivity contribution >= 4 is 11.6 Å². The van der Waals surface area contributed by atoms with Crippen molar-refractivity contribution in [2.45, 2.75) is 25.8 Å². The van der Waals surface area contributed by atoms with E-state index >= 15 is 0 Å². The van der Waals surface area contributed by atoms with Crippen LogP contribution in [0.3, 0.4) is 0 Å². The summed E-state index contributed by atoms with van der Waals surface area (Å²) in [6, 6.07) is 8.01. The summed E-state index contributed by atoms with van der Waals surface area (Å²) in [5.41, 5.74) is 1.59. The molecule has 2 N–H and O–H groups in total. The van der Waals surface area contributed by atoms with E-state index in [1.807, 2.05) is 24.3 Å². The van der Waals surface area contributed by atoms with Crippen molar-refractivity contribution in [1.29, 1.82) is 0 Å². The van der Waals surface area contributed by atoms with Gasteiger partial charge in [0.2, 0.25) is 5.91 Å². The van der Waals surface area contributed by atoms with Crippen LogP contribution in [0, 0.1) is 5.92 Å². The van der Waals surface area contributed by atoms with Crippen molar-refractivity contribution in [3.8, 4) is 5.69 Å². The van der Waals surface area contributed by atoms with Crippen LogP contribution in [0.25, 0.3) is 5.69 Å². The lowest BCUT2D eigenvalue weighted by Gasteiger charge is -2.27. The molecule has 2 aromatic rings. The van der Waals surface area contributed by atoms with Gasteiger partial charge in [-0.15, -0.1) is 0 Å². The Morgan fingerprint density at radius 3 is 3.05 bits per heavy atom. The fourth-order valence-electron chi connectivity index (χ4n) is 2.72. The van der Waals surface area contributed by atoms with Gasteiger partial charge < -0.3 is 10.6 Å². The number of nitrogens with one attached hydrogen (secondary N) is 2. The van der Waals surface area contributed by atoms with Crippen molar-refractivity contribution < 1.29 is 4.79 Å². The number of benzene rings is 1. The van der Waals surface area contributed by atoms with Crippen LogP contribution in [-0.2, 0) is 4.79 Å². The third-order valence-corrected chi connectivity index (χ3v) is 3.82. The molecule has 0 bridgehead atoms. The van der Waals surface area contributed by atoms with Crippen molar-refractivity contribution in [3.05, 3.63) is 36.9 Å². The number of amides is 1. The zero-order valence-electron chi connectivity index (χ0n) is 12.0. The molecule has 1 amide bonds. The average molecular weight is 285 g/mol. The Balaban J connectivity index is 1.77. The molecule has 2 heterocycles. The number of hydrogen-bond acceptors (Lipinski definition) is 4. The fourth-order valence-corrected chi connectivity index (χ4v) is 2.72. The van der Waals surface area contributed by atoms with Crippen LogP contribution in [0.4, 0.5) is 5.69 Å². The maximum Gasteiger partial charge on any atom is 0.227 e. The van der Waals surface area contributed by atoms with E-state index in [4.69, 9.17) is 0 Å². The second kappa shape index (κ2) is 6.05. The molecule has 0 saturated carbocycles. The minimum absolute atomic E-state index is 0.0602. The minimum Gasteiger partial charge on any atom is -0.324 e. The maximum absolute atomic E-state index is 12.5. The van der Waals surface area contributed by atoms with Gasteiger partial charge in [-0.3, -0.25) is 4.79 Å². The highest BCUT2D eigenvalue weighted by Crippen LogP contribution is 2.22. The molecule has 2 atom stereocenters. The number of rotatable bonds is 3. The summed E-state index contributed by atoms with van der Waals surface area (Å²) in [5, 5.41) is 10.5. The molecule has 3 rings (SSSR count). The normalized spacial score (nSPS) is 22.0. The van der Waals surface area contributed by atoms with E-state index in [1.54, 1.807) is 11.0 Å². The molecule has 6 nitrogen and oxygen atoms in total. The molecular formula is C15H19N5O. The minimum atomic E-state index is 0.0602. The Morgan fingerprint density at radius 2 is 2.29 bits per heavy atom. The molecule has 2 unspecified atom stereocenters. The first-order valence-corrected chi connectivity index (χ1v) is 7.22. The number of hydrogen-bond donors (Lipinski definition) is 2. The van der Waals surface area contributed by atoms with E-state index in [0.717, 1.165) is 30.8 Å². The first kappa shape index (κ1) is 13.8. The quantitative estimate of drug-likeness (QED) is 0.898. The summed E-state index contributed by atoms with van der Waals surface area (Å²) >= 11 is 0. The molecule has 0 radical (unpaired) electrons. The summed E-state index contributed by atoms with van der Waals surface area (Å²) in [5.74, 6) is 0.140. The summed E-state index contributed by atoms with van der Waals surface area (Å²) in [7, 11) is 0. The smallest absolute Gasteiger partial charge is 0.227 e. The van der Waals surface area contributed by atoms with Crippen LogP contribution in [0.5, 0.6) is 0 Å². The predicted octanol–water partition coefficient (Wildman–Crippen LogP) is 1.59. The number of aromatic nitrogens is 3. The standard InChI is InChI=1S/C15H19N5O/c1-11-8-12(6-7-17-11)15(21)19-13-4-2-3-5-14(13)20-10-16-9-18-20/h2-5,9-12,17H,6-8H2,1H3,(H,19,21). The lowest BCUT2D eigenvalue weighted by atomic mass is 9.92. The molecule has 1 aromatic heterocycles. The molecule has 21 heavy (non-hydrogen) atoms. The number of para-hydroxylation sites is 2. The van der Waals surface area contributed by atoms with Crippen LogP contribution in [0.15, 0.2) is 36.9 Å². The Kier molecular flexibility index (Phi) is 3.96. The number of piperidine rings is 1. The highest BCUT2D eigenvalue weighted by atomic mass is 16.1. The zero-order chi connectivity index (χ0) is 14.7. The van der Waals surface area contributed by atoms with E-state index in [2.05, 4.69) is 27.6 Å². The average Bonchev–Trinajstić information content (AvgIpc) is 3.02. The predicted molar refractivity (Wildman–Crippen MR) is 80.2 cm³/mol. The van der Waals surface area contributed by atoms with Crippen LogP contribution in [0.2, 0.25) is 0 Å². The van der Waals surface area contributed by atoms with Crippen molar-refractivity contribution in [3.63, 3.8) is 0 Å². The van der Waals surface area contributed by atoms with Gasteiger partial charge >= 0.3 is 0 Å². The second-order valence-corrected chi connectivity index (χ2v) is 5.42. The Morgan fingerprint density at radius 1 is 1.43 bits per heavy atom. The van der Waals surface area contributed by atoms with Gasteiger partial charge in [0.1, 0.15) is 12.7 Å². The van der Waals surface area contributed by atoms with Crippen LogP contribution >= 0.6 is 0 Å². The maximum atomic E-state index is 12.5. The molecule has 110 valence electrons. The lowest BCUT2D eigenvalue weighted by Crippen LogP contribution is -2.40. The molecular weight excluding hydrogens is 266 g/mol. The van der Waals surface area contributed by atoms with Gasteiger partial charge in [-0.1, -0.05) is 12.1 Å². The van der Waals surface area contributed by atoms with Crippen LogP contribution in [0.1, 0.15) is 19.8 Å². The van der Waals surface area contributed by atoms with Crippen molar-refractivity contribution in [2.75, 3.05) is 11.9 Å². The summed E-state index contributed by atoms with van der Waals surface area (Å²) in [6.45, 7) is 3.01. The van der Waals surface area contributed by atoms with Crippen LogP contribution < -0.4 is 10.6 Å². The van der Waals surface area contributed by atoms with Gasteiger partial charge in [-0.25, -0.2) is 9.67 Å². The fraction of sp³-hybridized carbons (Fsp3) is 0.400. The van der Waals surface area contributed by atoms with Gasteiger partial charge in [-0.05, 0) is 38.4 Å². The molecule has 6 heteroatoms. The largest absolute Gasteiger partial charge is 0.324 e. The summed E-state index contributed by atoms with van der Waals surface area (Å²) < 4.78 is 1.65. The van der Waals surface area contributed by atoms with E-state index in [-0.39, 0.29) is 11.8 Å². The highest BCUT2D eigenvalue weighted by molar-refractivity contribution is 5.94. The molecule has 0 spiro atoms. The monoisotopic (exact) mass is 285 g/mol. The summed E-state index contributed by atoms with van der Waals surface area (Å²) in [4.78, 5) is 16.4. The van der Waals surface area contributed by atoms with Gasteiger partial charge in [0.15, 0.2) is 0 Å². The van der Waals surface area contributed by atoms with Crippen molar-refractivity contribution in [2.24, 2.45) is 5.92 Å². The van der Waals surface area contributed by atoms with Gasteiger partial charge in [-0.2, -0.15) is 5.10 Å². The lowest BCUT2D eigenvalue weighted by molar-refractivity contribution is -0.120. The van der Waals surface area contributed by atoms with Crippen LogP contribution in [-0.4, -0.2) is 33.3 Å². The molecule has 1 saturated heterocycles. The van der Waals surface area contributed by atoms with Gasteiger partial charge in [0.05, 0.1) is 11.4 Å². The Bertz CT molecular complexity index is 610. The van der Waals surface area contributed by atoms with Crippen molar-refractivity contribution in [1.82, 2.24) is 20.1 Å². The van der Waals surface area contributed by atoms with E-state index < -0.39 is 0 Å². The number of carbonyl (C=O) groups is 1. The Hall–Kier alpha value is -2.21. The van der Waals surface area contributed by atoms with E-state index in [1.165, 1.54) is 6.33 Å². The molecule has 1 fully saturated rings. The Labute approximate surface area is 123 Å². The SMILES string of the molecule is CC1CC(C(=O)Nc2ccccc2-n2cncn2)CCN1. The third kappa shape index (κ3) is 3.11. The highest BCUT2D eigenvalue weighted by Gasteiger charge is 2.25. The van der Waals surface area contributed by atoms with Gasteiger partial charge in [0.25, 0.3) is 0 Å². The first-order chi connectivity index (χ1) is 10.2.